The molecule has 20 heavy (non-hydrogen) atoms. The highest BCUT2D eigenvalue weighted by molar-refractivity contribution is 5.13. The van der Waals surface area contributed by atoms with Crippen molar-refractivity contribution >= 4 is 0 Å². The summed E-state index contributed by atoms with van der Waals surface area (Å²) in [6.07, 6.45) is 6.79. The van der Waals surface area contributed by atoms with E-state index in [2.05, 4.69) is 23.2 Å². The standard InChI is InChI=1S/C16H29N3O/c1-3-8-18-16(13-17)7-6-15(10-16)19-9-4-5-14(11-19)12-20-2/h14-15,18H,3-12H2,1-2H3. The molecule has 0 spiro atoms. The van der Waals surface area contributed by atoms with Gasteiger partial charge < -0.3 is 4.74 Å². The Hall–Kier alpha value is -0.630. The van der Waals surface area contributed by atoms with Crippen LogP contribution >= 0.6 is 0 Å². The maximum absolute atomic E-state index is 9.54. The van der Waals surface area contributed by atoms with Gasteiger partial charge in [-0.3, -0.25) is 10.2 Å². The van der Waals surface area contributed by atoms with Gasteiger partial charge in [0.2, 0.25) is 0 Å². The molecule has 2 aliphatic rings. The molecular weight excluding hydrogens is 250 g/mol. The highest BCUT2D eigenvalue weighted by atomic mass is 16.5. The molecule has 1 saturated carbocycles. The van der Waals surface area contributed by atoms with Crippen molar-refractivity contribution in [3.05, 3.63) is 0 Å². The number of hydrogen-bond acceptors (Lipinski definition) is 4. The Morgan fingerprint density at radius 1 is 1.45 bits per heavy atom. The summed E-state index contributed by atoms with van der Waals surface area (Å²) in [5.74, 6) is 0.675. The number of piperidine rings is 1. The fraction of sp³-hybridized carbons (Fsp3) is 0.938. The molecule has 1 saturated heterocycles. The first-order chi connectivity index (χ1) is 9.73. The van der Waals surface area contributed by atoms with Gasteiger partial charge in [0, 0.05) is 19.7 Å². The molecule has 0 radical (unpaired) electrons. The monoisotopic (exact) mass is 279 g/mol. The van der Waals surface area contributed by atoms with Crippen molar-refractivity contribution < 1.29 is 4.74 Å². The quantitative estimate of drug-likeness (QED) is 0.809. The first kappa shape index (κ1) is 15.8. The summed E-state index contributed by atoms with van der Waals surface area (Å²) in [6.45, 7) is 6.33. The van der Waals surface area contributed by atoms with Gasteiger partial charge in [-0.2, -0.15) is 5.26 Å². The van der Waals surface area contributed by atoms with Crippen LogP contribution in [0.1, 0.15) is 45.4 Å². The molecule has 1 N–H and O–H groups in total. The van der Waals surface area contributed by atoms with Gasteiger partial charge >= 0.3 is 0 Å². The highest BCUT2D eigenvalue weighted by Crippen LogP contribution is 2.34. The minimum absolute atomic E-state index is 0.269. The fourth-order valence-electron chi connectivity index (χ4n) is 3.80. The molecule has 114 valence electrons. The molecule has 1 aliphatic heterocycles. The SMILES string of the molecule is CCCNC1(C#N)CCC(N2CCCC(COC)C2)C1. The molecule has 0 aromatic rings. The third-order valence-electron chi connectivity index (χ3n) is 4.89. The van der Waals surface area contributed by atoms with Crippen molar-refractivity contribution in [1.82, 2.24) is 10.2 Å². The van der Waals surface area contributed by atoms with E-state index < -0.39 is 0 Å². The van der Waals surface area contributed by atoms with Crippen molar-refractivity contribution in [3.8, 4) is 6.07 Å². The second-order valence-corrected chi connectivity index (χ2v) is 6.48. The Morgan fingerprint density at radius 3 is 3.00 bits per heavy atom. The Kier molecular flexibility index (Phi) is 5.83. The van der Waals surface area contributed by atoms with Crippen LogP contribution in [0.15, 0.2) is 0 Å². The molecule has 3 unspecified atom stereocenters. The minimum atomic E-state index is -0.269. The number of likely N-dealkylation sites (tertiary alicyclic amines) is 1. The molecule has 1 aliphatic carbocycles. The average Bonchev–Trinajstić information content (AvgIpc) is 2.91. The van der Waals surface area contributed by atoms with E-state index >= 15 is 0 Å². The third kappa shape index (κ3) is 3.72. The topological polar surface area (TPSA) is 48.3 Å². The van der Waals surface area contributed by atoms with E-state index in [1.807, 2.05) is 0 Å². The Bertz CT molecular complexity index is 339. The van der Waals surface area contributed by atoms with Gasteiger partial charge in [-0.15, -0.1) is 0 Å². The molecule has 2 fully saturated rings. The zero-order valence-corrected chi connectivity index (χ0v) is 13.0. The number of methoxy groups -OCH3 is 1. The molecule has 4 heteroatoms. The second-order valence-electron chi connectivity index (χ2n) is 6.48. The van der Waals surface area contributed by atoms with E-state index in [9.17, 15) is 5.26 Å². The molecule has 0 amide bonds. The van der Waals surface area contributed by atoms with Crippen LogP contribution in [0.2, 0.25) is 0 Å². The Morgan fingerprint density at radius 2 is 2.30 bits per heavy atom. The smallest absolute Gasteiger partial charge is 0.108 e. The normalized spacial score (nSPS) is 35.0. The van der Waals surface area contributed by atoms with E-state index in [1.165, 1.54) is 19.4 Å². The van der Waals surface area contributed by atoms with Gasteiger partial charge in [-0.1, -0.05) is 6.92 Å². The van der Waals surface area contributed by atoms with E-state index in [-0.39, 0.29) is 5.54 Å². The van der Waals surface area contributed by atoms with E-state index in [0.29, 0.717) is 12.0 Å². The summed E-state index contributed by atoms with van der Waals surface area (Å²) in [6, 6.07) is 3.14. The lowest BCUT2D eigenvalue weighted by atomic mass is 9.95. The van der Waals surface area contributed by atoms with E-state index in [4.69, 9.17) is 4.74 Å². The molecule has 1 heterocycles. The zero-order chi connectivity index (χ0) is 14.4. The average molecular weight is 279 g/mol. The number of nitriles is 1. The molecule has 0 aromatic heterocycles. The fourth-order valence-corrected chi connectivity index (χ4v) is 3.80. The Labute approximate surface area is 123 Å². The predicted octanol–water partition coefficient (Wildman–Crippen LogP) is 2.16. The summed E-state index contributed by atoms with van der Waals surface area (Å²) < 4.78 is 5.32. The van der Waals surface area contributed by atoms with Crippen LogP contribution in [0, 0.1) is 17.2 Å². The van der Waals surface area contributed by atoms with Crippen molar-refractivity contribution in [1.29, 1.82) is 5.26 Å². The molecule has 0 aromatic carbocycles. The molecule has 4 nitrogen and oxygen atoms in total. The third-order valence-corrected chi connectivity index (χ3v) is 4.89. The lowest BCUT2D eigenvalue weighted by Crippen LogP contribution is -2.46. The lowest BCUT2D eigenvalue weighted by Gasteiger charge is -2.37. The van der Waals surface area contributed by atoms with Gasteiger partial charge in [0.1, 0.15) is 5.54 Å². The van der Waals surface area contributed by atoms with Crippen LogP contribution in [-0.2, 0) is 4.74 Å². The van der Waals surface area contributed by atoms with Crippen LogP contribution in [-0.4, -0.2) is 49.8 Å². The molecular formula is C16H29N3O. The van der Waals surface area contributed by atoms with Crippen molar-refractivity contribution in [2.24, 2.45) is 5.92 Å². The predicted molar refractivity (Wildman–Crippen MR) is 80.4 cm³/mol. The Balaban J connectivity index is 1.89. The van der Waals surface area contributed by atoms with Crippen LogP contribution in [0.3, 0.4) is 0 Å². The largest absolute Gasteiger partial charge is 0.384 e. The first-order valence-electron chi connectivity index (χ1n) is 8.12. The van der Waals surface area contributed by atoms with Crippen LogP contribution < -0.4 is 5.32 Å². The summed E-state index contributed by atoms with van der Waals surface area (Å²) in [4.78, 5) is 2.61. The molecule has 3 atom stereocenters. The van der Waals surface area contributed by atoms with Gasteiger partial charge in [-0.05, 0) is 57.5 Å². The van der Waals surface area contributed by atoms with E-state index in [1.54, 1.807) is 7.11 Å². The van der Waals surface area contributed by atoms with Crippen molar-refractivity contribution in [2.75, 3.05) is 33.4 Å². The van der Waals surface area contributed by atoms with Crippen LogP contribution in [0.25, 0.3) is 0 Å². The van der Waals surface area contributed by atoms with E-state index in [0.717, 1.165) is 45.4 Å². The van der Waals surface area contributed by atoms with Gasteiger partial charge in [-0.25, -0.2) is 0 Å². The highest BCUT2D eigenvalue weighted by Gasteiger charge is 2.41. The summed E-state index contributed by atoms with van der Waals surface area (Å²) in [5.41, 5.74) is -0.269. The van der Waals surface area contributed by atoms with Gasteiger partial charge in [0.15, 0.2) is 0 Å². The number of rotatable bonds is 6. The second kappa shape index (κ2) is 7.40. The number of nitrogens with zero attached hydrogens (tertiary/aromatic N) is 2. The summed E-state index contributed by atoms with van der Waals surface area (Å²) in [5, 5.41) is 13.0. The lowest BCUT2D eigenvalue weighted by molar-refractivity contribution is 0.0681. The summed E-state index contributed by atoms with van der Waals surface area (Å²) in [7, 11) is 1.80. The zero-order valence-electron chi connectivity index (χ0n) is 13.0. The number of ether oxygens (including phenoxy) is 1. The maximum atomic E-state index is 9.54. The van der Waals surface area contributed by atoms with Gasteiger partial charge in [0.05, 0.1) is 12.7 Å². The first-order valence-corrected chi connectivity index (χ1v) is 8.12. The minimum Gasteiger partial charge on any atom is -0.384 e. The van der Waals surface area contributed by atoms with Crippen LogP contribution in [0.5, 0.6) is 0 Å². The van der Waals surface area contributed by atoms with Gasteiger partial charge in [0.25, 0.3) is 0 Å². The summed E-state index contributed by atoms with van der Waals surface area (Å²) >= 11 is 0. The molecule has 2 rings (SSSR count). The van der Waals surface area contributed by atoms with Crippen LogP contribution in [0.4, 0.5) is 0 Å². The van der Waals surface area contributed by atoms with Crippen molar-refractivity contribution in [3.63, 3.8) is 0 Å². The molecule has 0 bridgehead atoms. The number of hydrogen-bond donors (Lipinski definition) is 1. The number of nitrogens with one attached hydrogen (secondary N) is 1. The van der Waals surface area contributed by atoms with Crippen molar-refractivity contribution in [2.45, 2.75) is 57.0 Å². The maximum Gasteiger partial charge on any atom is 0.108 e.